The van der Waals surface area contributed by atoms with Crippen LogP contribution in [0.15, 0.2) is 12.3 Å². The molecule has 1 unspecified atom stereocenters. The first kappa shape index (κ1) is 13.6. The van der Waals surface area contributed by atoms with Gasteiger partial charge in [0, 0.05) is 25.5 Å². The molecular formula is C14H25N3O. The molecule has 4 heteroatoms. The van der Waals surface area contributed by atoms with E-state index in [4.69, 9.17) is 10.5 Å². The van der Waals surface area contributed by atoms with E-state index in [2.05, 4.69) is 35.9 Å². The SMILES string of the molecule is CCC(C)n1ccc(CC2(CN)CCOCC2)n1. The van der Waals surface area contributed by atoms with E-state index in [1.807, 2.05) is 0 Å². The second kappa shape index (κ2) is 5.85. The highest BCUT2D eigenvalue weighted by Gasteiger charge is 2.32. The maximum absolute atomic E-state index is 5.99. The standard InChI is InChI=1S/C14H25N3O/c1-3-12(2)17-7-4-13(16-17)10-14(11-15)5-8-18-9-6-14/h4,7,12H,3,5-6,8-11,15H2,1-2H3. The number of rotatable bonds is 5. The van der Waals surface area contributed by atoms with Gasteiger partial charge >= 0.3 is 0 Å². The van der Waals surface area contributed by atoms with Gasteiger partial charge in [-0.2, -0.15) is 5.10 Å². The Bertz CT molecular complexity index is 369. The molecule has 2 rings (SSSR count). The minimum Gasteiger partial charge on any atom is -0.381 e. The van der Waals surface area contributed by atoms with Crippen LogP contribution in [0.4, 0.5) is 0 Å². The number of ether oxygens (including phenoxy) is 1. The van der Waals surface area contributed by atoms with Crippen LogP contribution in [0, 0.1) is 5.41 Å². The van der Waals surface area contributed by atoms with E-state index in [0.717, 1.165) is 45.4 Å². The van der Waals surface area contributed by atoms with Crippen molar-refractivity contribution >= 4 is 0 Å². The molecule has 0 saturated carbocycles. The zero-order valence-corrected chi connectivity index (χ0v) is 11.6. The summed E-state index contributed by atoms with van der Waals surface area (Å²) >= 11 is 0. The van der Waals surface area contributed by atoms with Gasteiger partial charge in [-0.05, 0) is 50.6 Å². The minimum atomic E-state index is 0.201. The number of aromatic nitrogens is 2. The van der Waals surface area contributed by atoms with Crippen molar-refractivity contribution in [1.29, 1.82) is 0 Å². The lowest BCUT2D eigenvalue weighted by Crippen LogP contribution is -2.38. The van der Waals surface area contributed by atoms with Gasteiger partial charge < -0.3 is 10.5 Å². The second-order valence-electron chi connectivity index (χ2n) is 5.54. The molecule has 0 radical (unpaired) electrons. The molecule has 2 heterocycles. The monoisotopic (exact) mass is 251 g/mol. The van der Waals surface area contributed by atoms with E-state index in [1.54, 1.807) is 0 Å². The Hall–Kier alpha value is -0.870. The summed E-state index contributed by atoms with van der Waals surface area (Å²) in [5.41, 5.74) is 7.36. The lowest BCUT2D eigenvalue weighted by molar-refractivity contribution is 0.0186. The van der Waals surface area contributed by atoms with E-state index in [-0.39, 0.29) is 5.41 Å². The predicted octanol–water partition coefficient (Wildman–Crippen LogP) is 2.15. The van der Waals surface area contributed by atoms with Crippen LogP contribution in [-0.4, -0.2) is 29.5 Å². The van der Waals surface area contributed by atoms with Crippen molar-refractivity contribution in [2.24, 2.45) is 11.1 Å². The molecule has 0 bridgehead atoms. The molecule has 1 aromatic rings. The number of nitrogens with two attached hydrogens (primary N) is 1. The summed E-state index contributed by atoms with van der Waals surface area (Å²) in [6, 6.07) is 2.61. The highest BCUT2D eigenvalue weighted by atomic mass is 16.5. The highest BCUT2D eigenvalue weighted by molar-refractivity contribution is 5.05. The largest absolute Gasteiger partial charge is 0.381 e. The number of hydrogen-bond donors (Lipinski definition) is 1. The van der Waals surface area contributed by atoms with Crippen LogP contribution in [0.25, 0.3) is 0 Å². The van der Waals surface area contributed by atoms with Gasteiger partial charge in [-0.25, -0.2) is 0 Å². The van der Waals surface area contributed by atoms with Crippen molar-refractivity contribution in [2.75, 3.05) is 19.8 Å². The Morgan fingerprint density at radius 3 is 2.83 bits per heavy atom. The zero-order valence-electron chi connectivity index (χ0n) is 11.6. The molecule has 1 aliphatic heterocycles. The molecule has 0 amide bonds. The van der Waals surface area contributed by atoms with E-state index >= 15 is 0 Å². The molecule has 4 nitrogen and oxygen atoms in total. The average Bonchev–Trinajstić information content (AvgIpc) is 2.87. The number of hydrogen-bond acceptors (Lipinski definition) is 3. The van der Waals surface area contributed by atoms with Gasteiger partial charge in [0.05, 0.1) is 5.69 Å². The van der Waals surface area contributed by atoms with Crippen molar-refractivity contribution < 1.29 is 4.74 Å². The van der Waals surface area contributed by atoms with Gasteiger partial charge in [0.1, 0.15) is 0 Å². The van der Waals surface area contributed by atoms with Crippen LogP contribution < -0.4 is 5.73 Å². The van der Waals surface area contributed by atoms with Gasteiger partial charge in [0.15, 0.2) is 0 Å². The van der Waals surface area contributed by atoms with Crippen LogP contribution >= 0.6 is 0 Å². The summed E-state index contributed by atoms with van der Waals surface area (Å²) in [7, 11) is 0. The Balaban J connectivity index is 2.05. The maximum Gasteiger partial charge on any atom is 0.0630 e. The predicted molar refractivity (Wildman–Crippen MR) is 72.5 cm³/mol. The van der Waals surface area contributed by atoms with Crippen LogP contribution in [-0.2, 0) is 11.2 Å². The zero-order chi connectivity index (χ0) is 13.0. The Morgan fingerprint density at radius 2 is 2.22 bits per heavy atom. The smallest absolute Gasteiger partial charge is 0.0630 e. The fourth-order valence-corrected chi connectivity index (χ4v) is 2.55. The Kier molecular flexibility index (Phi) is 4.40. The first-order chi connectivity index (χ1) is 8.69. The Morgan fingerprint density at radius 1 is 1.50 bits per heavy atom. The molecule has 1 saturated heterocycles. The van der Waals surface area contributed by atoms with Crippen molar-refractivity contribution in [1.82, 2.24) is 9.78 Å². The van der Waals surface area contributed by atoms with Gasteiger partial charge in [-0.3, -0.25) is 4.68 Å². The lowest BCUT2D eigenvalue weighted by atomic mass is 9.76. The van der Waals surface area contributed by atoms with Gasteiger partial charge in [0.25, 0.3) is 0 Å². The molecule has 0 spiro atoms. The third kappa shape index (κ3) is 2.93. The summed E-state index contributed by atoms with van der Waals surface area (Å²) in [5.74, 6) is 0. The molecule has 1 aliphatic rings. The molecule has 1 atom stereocenters. The molecule has 2 N–H and O–H groups in total. The van der Waals surface area contributed by atoms with Crippen LogP contribution in [0.1, 0.15) is 44.8 Å². The first-order valence-corrected chi connectivity index (χ1v) is 7.01. The van der Waals surface area contributed by atoms with E-state index < -0.39 is 0 Å². The molecule has 0 aromatic carbocycles. The number of nitrogens with zero attached hydrogens (tertiary/aromatic N) is 2. The summed E-state index contributed by atoms with van der Waals surface area (Å²) in [4.78, 5) is 0. The summed E-state index contributed by atoms with van der Waals surface area (Å²) in [5, 5.41) is 4.69. The van der Waals surface area contributed by atoms with E-state index in [1.165, 1.54) is 5.69 Å². The summed E-state index contributed by atoms with van der Waals surface area (Å²) in [6.45, 7) is 6.79. The lowest BCUT2D eigenvalue weighted by Gasteiger charge is -2.35. The third-order valence-electron chi connectivity index (χ3n) is 4.25. The maximum atomic E-state index is 5.99. The van der Waals surface area contributed by atoms with Crippen molar-refractivity contribution in [3.05, 3.63) is 18.0 Å². The van der Waals surface area contributed by atoms with Crippen LogP contribution in [0.5, 0.6) is 0 Å². The fraction of sp³-hybridized carbons (Fsp3) is 0.786. The van der Waals surface area contributed by atoms with Crippen molar-refractivity contribution in [3.63, 3.8) is 0 Å². The van der Waals surface area contributed by atoms with Gasteiger partial charge in [-0.1, -0.05) is 6.92 Å². The van der Waals surface area contributed by atoms with Gasteiger partial charge in [0.2, 0.25) is 0 Å². The first-order valence-electron chi connectivity index (χ1n) is 7.01. The molecular weight excluding hydrogens is 226 g/mol. The molecule has 1 fully saturated rings. The van der Waals surface area contributed by atoms with Crippen molar-refractivity contribution in [2.45, 2.75) is 45.6 Å². The molecule has 1 aromatic heterocycles. The highest BCUT2D eigenvalue weighted by Crippen LogP contribution is 2.32. The molecule has 18 heavy (non-hydrogen) atoms. The van der Waals surface area contributed by atoms with Crippen LogP contribution in [0.3, 0.4) is 0 Å². The average molecular weight is 251 g/mol. The van der Waals surface area contributed by atoms with E-state index in [9.17, 15) is 0 Å². The van der Waals surface area contributed by atoms with Crippen molar-refractivity contribution in [3.8, 4) is 0 Å². The quantitative estimate of drug-likeness (QED) is 0.872. The van der Waals surface area contributed by atoms with Gasteiger partial charge in [-0.15, -0.1) is 0 Å². The van der Waals surface area contributed by atoms with E-state index in [0.29, 0.717) is 6.04 Å². The second-order valence-corrected chi connectivity index (χ2v) is 5.54. The molecule has 102 valence electrons. The summed E-state index contributed by atoms with van der Waals surface area (Å²) in [6.07, 6.45) is 6.29. The minimum absolute atomic E-state index is 0.201. The Labute approximate surface area is 110 Å². The fourth-order valence-electron chi connectivity index (χ4n) is 2.55. The third-order valence-corrected chi connectivity index (χ3v) is 4.25. The molecule has 0 aliphatic carbocycles. The topological polar surface area (TPSA) is 53.1 Å². The normalized spacial score (nSPS) is 20.8. The summed E-state index contributed by atoms with van der Waals surface area (Å²) < 4.78 is 7.51. The van der Waals surface area contributed by atoms with Crippen LogP contribution in [0.2, 0.25) is 0 Å².